The van der Waals surface area contributed by atoms with Gasteiger partial charge in [-0.1, -0.05) is 11.6 Å². The number of aryl methyl sites for hydroxylation is 2. The molecule has 0 aliphatic heterocycles. The smallest absolute Gasteiger partial charge is 0.270 e. The number of hydrogen-bond acceptors (Lipinski definition) is 2. The van der Waals surface area contributed by atoms with Gasteiger partial charge in [-0.25, -0.2) is 0 Å². The van der Waals surface area contributed by atoms with Crippen LogP contribution in [0.15, 0.2) is 18.2 Å². The zero-order valence-corrected chi connectivity index (χ0v) is 12.7. The molecule has 108 valence electrons. The van der Waals surface area contributed by atoms with Crippen molar-refractivity contribution in [3.63, 3.8) is 0 Å². The SMILES string of the molecule is CCn1c(C(=O)N(C)CCO)c(C)c2cc(Cl)ccc21. The van der Waals surface area contributed by atoms with Crippen LogP contribution in [0.4, 0.5) is 0 Å². The lowest BCUT2D eigenvalue weighted by atomic mass is 10.1. The topological polar surface area (TPSA) is 45.5 Å². The summed E-state index contributed by atoms with van der Waals surface area (Å²) in [6.45, 7) is 4.94. The fourth-order valence-corrected chi connectivity index (χ4v) is 2.70. The molecule has 1 N–H and O–H groups in total. The Morgan fingerprint density at radius 1 is 1.45 bits per heavy atom. The molecule has 2 aromatic rings. The third-order valence-corrected chi connectivity index (χ3v) is 3.81. The van der Waals surface area contributed by atoms with E-state index in [0.29, 0.717) is 23.8 Å². The second-order valence-corrected chi connectivity index (χ2v) is 5.27. The number of aromatic nitrogens is 1. The molecular formula is C15H19ClN2O2. The fourth-order valence-electron chi connectivity index (χ4n) is 2.53. The Labute approximate surface area is 123 Å². The quantitative estimate of drug-likeness (QED) is 0.942. The minimum absolute atomic E-state index is 0.0422. The number of carbonyl (C=O) groups excluding carboxylic acids is 1. The van der Waals surface area contributed by atoms with Crippen LogP contribution in [0.3, 0.4) is 0 Å². The minimum Gasteiger partial charge on any atom is -0.395 e. The lowest BCUT2D eigenvalue weighted by Gasteiger charge is -2.17. The summed E-state index contributed by atoms with van der Waals surface area (Å²) in [6.07, 6.45) is 0. The molecule has 0 spiro atoms. The van der Waals surface area contributed by atoms with E-state index in [-0.39, 0.29) is 12.5 Å². The van der Waals surface area contributed by atoms with Crippen LogP contribution in [0.1, 0.15) is 23.0 Å². The highest BCUT2D eigenvalue weighted by Gasteiger charge is 2.22. The number of amides is 1. The first-order valence-corrected chi connectivity index (χ1v) is 7.03. The van der Waals surface area contributed by atoms with E-state index in [1.165, 1.54) is 4.90 Å². The van der Waals surface area contributed by atoms with Crippen LogP contribution in [-0.2, 0) is 6.54 Å². The van der Waals surface area contributed by atoms with E-state index < -0.39 is 0 Å². The molecule has 0 saturated heterocycles. The van der Waals surface area contributed by atoms with E-state index in [2.05, 4.69) is 0 Å². The van der Waals surface area contributed by atoms with Gasteiger partial charge in [0.05, 0.1) is 6.61 Å². The summed E-state index contributed by atoms with van der Waals surface area (Å²) in [6, 6.07) is 5.67. The Morgan fingerprint density at radius 3 is 2.75 bits per heavy atom. The Hall–Kier alpha value is -1.52. The summed E-state index contributed by atoms with van der Waals surface area (Å²) in [7, 11) is 1.70. The largest absolute Gasteiger partial charge is 0.395 e. The highest BCUT2D eigenvalue weighted by atomic mass is 35.5. The average Bonchev–Trinajstić information content (AvgIpc) is 2.70. The monoisotopic (exact) mass is 294 g/mol. The number of rotatable bonds is 4. The van der Waals surface area contributed by atoms with Crippen LogP contribution >= 0.6 is 11.6 Å². The molecule has 1 amide bonds. The first kappa shape index (κ1) is 14.9. The van der Waals surface area contributed by atoms with E-state index in [1.807, 2.05) is 36.6 Å². The van der Waals surface area contributed by atoms with Crippen LogP contribution in [-0.4, -0.2) is 40.7 Å². The molecule has 1 heterocycles. The van der Waals surface area contributed by atoms with Crippen molar-refractivity contribution >= 4 is 28.4 Å². The van der Waals surface area contributed by atoms with E-state index in [1.54, 1.807) is 7.05 Å². The third-order valence-electron chi connectivity index (χ3n) is 3.58. The first-order valence-electron chi connectivity index (χ1n) is 6.65. The molecule has 0 aliphatic carbocycles. The number of likely N-dealkylation sites (N-methyl/N-ethyl adjacent to an activating group) is 1. The summed E-state index contributed by atoms with van der Waals surface area (Å²) >= 11 is 6.05. The molecule has 4 nitrogen and oxygen atoms in total. The van der Waals surface area contributed by atoms with Crippen LogP contribution in [0.5, 0.6) is 0 Å². The van der Waals surface area contributed by atoms with Gasteiger partial charge in [-0.3, -0.25) is 4.79 Å². The number of carbonyl (C=O) groups is 1. The van der Waals surface area contributed by atoms with Crippen LogP contribution in [0.2, 0.25) is 5.02 Å². The highest BCUT2D eigenvalue weighted by Crippen LogP contribution is 2.29. The maximum absolute atomic E-state index is 12.6. The number of fused-ring (bicyclic) bond motifs is 1. The lowest BCUT2D eigenvalue weighted by Crippen LogP contribution is -2.31. The number of hydrogen-bond donors (Lipinski definition) is 1. The van der Waals surface area contributed by atoms with Gasteiger partial charge in [0.2, 0.25) is 0 Å². The predicted octanol–water partition coefficient (Wildman–Crippen LogP) is 2.69. The van der Waals surface area contributed by atoms with Gasteiger partial charge in [0.1, 0.15) is 5.69 Å². The van der Waals surface area contributed by atoms with Crippen molar-refractivity contribution < 1.29 is 9.90 Å². The number of aliphatic hydroxyl groups is 1. The molecule has 0 unspecified atom stereocenters. The number of benzene rings is 1. The summed E-state index contributed by atoms with van der Waals surface area (Å²) in [4.78, 5) is 14.1. The van der Waals surface area contributed by atoms with Crippen molar-refractivity contribution in [3.8, 4) is 0 Å². The first-order chi connectivity index (χ1) is 9.51. The standard InChI is InChI=1S/C15H19ClN2O2/c1-4-18-13-6-5-11(16)9-12(13)10(2)14(18)15(20)17(3)7-8-19/h5-6,9,19H,4,7-8H2,1-3H3. The maximum atomic E-state index is 12.6. The van der Waals surface area contributed by atoms with E-state index in [4.69, 9.17) is 16.7 Å². The Kier molecular flexibility index (Phi) is 4.35. The van der Waals surface area contributed by atoms with Gasteiger partial charge in [0.15, 0.2) is 0 Å². The molecule has 0 bridgehead atoms. The highest BCUT2D eigenvalue weighted by molar-refractivity contribution is 6.31. The average molecular weight is 295 g/mol. The van der Waals surface area contributed by atoms with Crippen LogP contribution in [0, 0.1) is 6.92 Å². The van der Waals surface area contributed by atoms with E-state index in [0.717, 1.165) is 16.5 Å². The van der Waals surface area contributed by atoms with Crippen molar-refractivity contribution in [2.45, 2.75) is 20.4 Å². The Bertz CT molecular complexity index is 649. The maximum Gasteiger partial charge on any atom is 0.270 e. The second kappa shape index (κ2) is 5.85. The lowest BCUT2D eigenvalue weighted by molar-refractivity contribution is 0.0756. The molecule has 2 rings (SSSR count). The van der Waals surface area contributed by atoms with Crippen LogP contribution in [0.25, 0.3) is 10.9 Å². The third kappa shape index (κ3) is 2.41. The zero-order chi connectivity index (χ0) is 14.9. The van der Waals surface area contributed by atoms with Crippen LogP contribution < -0.4 is 0 Å². The van der Waals surface area contributed by atoms with Crippen molar-refractivity contribution in [2.75, 3.05) is 20.2 Å². The van der Waals surface area contributed by atoms with Gasteiger partial charge in [0, 0.05) is 36.1 Å². The Balaban J connectivity index is 2.63. The van der Waals surface area contributed by atoms with Gasteiger partial charge in [-0.05, 0) is 37.6 Å². The zero-order valence-electron chi connectivity index (χ0n) is 12.0. The molecule has 0 saturated carbocycles. The molecule has 0 radical (unpaired) electrons. The van der Waals surface area contributed by atoms with Crippen molar-refractivity contribution in [3.05, 3.63) is 34.5 Å². The summed E-state index contributed by atoms with van der Waals surface area (Å²) in [5, 5.41) is 10.6. The molecule has 5 heteroatoms. The number of nitrogens with zero attached hydrogens (tertiary/aromatic N) is 2. The molecule has 0 aliphatic rings. The van der Waals surface area contributed by atoms with E-state index >= 15 is 0 Å². The van der Waals surface area contributed by atoms with Gasteiger partial charge < -0.3 is 14.6 Å². The molecule has 1 aromatic carbocycles. The minimum atomic E-state index is -0.0780. The van der Waals surface area contributed by atoms with Gasteiger partial charge in [0.25, 0.3) is 5.91 Å². The van der Waals surface area contributed by atoms with Gasteiger partial charge in [-0.15, -0.1) is 0 Å². The predicted molar refractivity (Wildman–Crippen MR) is 81.4 cm³/mol. The fraction of sp³-hybridized carbons (Fsp3) is 0.400. The van der Waals surface area contributed by atoms with Crippen molar-refractivity contribution in [1.82, 2.24) is 9.47 Å². The molecule has 1 aromatic heterocycles. The molecular weight excluding hydrogens is 276 g/mol. The summed E-state index contributed by atoms with van der Waals surface area (Å²) < 4.78 is 2.00. The van der Waals surface area contributed by atoms with Crippen molar-refractivity contribution in [2.24, 2.45) is 0 Å². The van der Waals surface area contributed by atoms with E-state index in [9.17, 15) is 4.79 Å². The van der Waals surface area contributed by atoms with Gasteiger partial charge >= 0.3 is 0 Å². The second-order valence-electron chi connectivity index (χ2n) is 4.83. The normalized spacial score (nSPS) is 11.1. The summed E-state index contributed by atoms with van der Waals surface area (Å²) in [5.41, 5.74) is 2.61. The molecule has 0 atom stereocenters. The Morgan fingerprint density at radius 2 is 2.15 bits per heavy atom. The number of halogens is 1. The molecule has 20 heavy (non-hydrogen) atoms. The summed E-state index contributed by atoms with van der Waals surface area (Å²) in [5.74, 6) is -0.0780. The number of aliphatic hydroxyl groups excluding tert-OH is 1. The van der Waals surface area contributed by atoms with Gasteiger partial charge in [-0.2, -0.15) is 0 Å². The molecule has 0 fully saturated rings. The van der Waals surface area contributed by atoms with Crippen molar-refractivity contribution in [1.29, 1.82) is 0 Å².